The van der Waals surface area contributed by atoms with Crippen molar-refractivity contribution in [1.29, 1.82) is 0 Å². The van der Waals surface area contributed by atoms with Gasteiger partial charge < -0.3 is 10.2 Å². The Labute approximate surface area is 167 Å². The van der Waals surface area contributed by atoms with Crippen LogP contribution < -0.4 is 5.32 Å². The molecular formula is C19H28ClN3O3S. The molecule has 4 rings (SSSR count). The van der Waals surface area contributed by atoms with Crippen molar-refractivity contribution in [1.82, 2.24) is 14.5 Å². The van der Waals surface area contributed by atoms with Gasteiger partial charge in [-0.3, -0.25) is 4.79 Å². The molecule has 0 bridgehead atoms. The van der Waals surface area contributed by atoms with Gasteiger partial charge in [0.2, 0.25) is 15.9 Å². The summed E-state index contributed by atoms with van der Waals surface area (Å²) in [6, 6.07) is 5.52. The van der Waals surface area contributed by atoms with Gasteiger partial charge in [0.25, 0.3) is 0 Å². The molecule has 27 heavy (non-hydrogen) atoms. The highest BCUT2D eigenvalue weighted by molar-refractivity contribution is 7.89. The molecule has 3 aliphatic heterocycles. The topological polar surface area (TPSA) is 69.7 Å². The number of rotatable bonds is 2. The van der Waals surface area contributed by atoms with E-state index in [1.54, 1.807) is 17.3 Å². The highest BCUT2D eigenvalue weighted by Gasteiger charge is 2.44. The lowest BCUT2D eigenvalue weighted by Crippen LogP contribution is -2.33. The van der Waals surface area contributed by atoms with Crippen LogP contribution in [0.5, 0.6) is 0 Å². The molecule has 0 aliphatic carbocycles. The lowest BCUT2D eigenvalue weighted by atomic mass is 9.87. The van der Waals surface area contributed by atoms with Gasteiger partial charge in [0, 0.05) is 39.6 Å². The number of carbonyl (C=O) groups excluding carboxylic acids is 1. The van der Waals surface area contributed by atoms with Crippen molar-refractivity contribution in [2.45, 2.75) is 37.5 Å². The van der Waals surface area contributed by atoms with Gasteiger partial charge in [-0.1, -0.05) is 6.07 Å². The maximum Gasteiger partial charge on any atom is 0.243 e. The van der Waals surface area contributed by atoms with Crippen LogP contribution in [-0.4, -0.2) is 62.8 Å². The van der Waals surface area contributed by atoms with Gasteiger partial charge in [-0.2, -0.15) is 4.31 Å². The molecule has 1 atom stereocenters. The van der Waals surface area contributed by atoms with E-state index < -0.39 is 10.0 Å². The van der Waals surface area contributed by atoms with E-state index in [4.69, 9.17) is 0 Å². The van der Waals surface area contributed by atoms with Crippen molar-refractivity contribution in [3.8, 4) is 0 Å². The molecule has 1 N–H and O–H groups in total. The fraction of sp³-hybridized carbons (Fsp3) is 0.632. The van der Waals surface area contributed by atoms with Crippen molar-refractivity contribution >= 4 is 28.3 Å². The number of nitrogens with one attached hydrogen (secondary N) is 1. The molecule has 1 unspecified atom stereocenters. The summed E-state index contributed by atoms with van der Waals surface area (Å²) in [5.41, 5.74) is 2.35. The number of halogens is 1. The second-order valence-electron chi connectivity index (χ2n) is 7.95. The second-order valence-corrected chi connectivity index (χ2v) is 9.89. The van der Waals surface area contributed by atoms with Crippen LogP contribution in [0, 0.1) is 5.41 Å². The summed E-state index contributed by atoms with van der Waals surface area (Å²) in [5.74, 6) is 0.0817. The number of amides is 1. The molecule has 1 spiro atoms. The van der Waals surface area contributed by atoms with Crippen LogP contribution in [0.3, 0.4) is 0 Å². The maximum absolute atomic E-state index is 13.2. The van der Waals surface area contributed by atoms with E-state index in [1.165, 1.54) is 0 Å². The Hall–Kier alpha value is -1.15. The lowest BCUT2D eigenvalue weighted by molar-refractivity contribution is -0.128. The maximum atomic E-state index is 13.2. The Morgan fingerprint density at radius 3 is 2.52 bits per heavy atom. The number of hydrogen-bond donors (Lipinski definition) is 1. The third-order valence-electron chi connectivity index (χ3n) is 6.30. The number of benzene rings is 1. The zero-order valence-electron chi connectivity index (χ0n) is 15.7. The van der Waals surface area contributed by atoms with Gasteiger partial charge in [0.05, 0.1) is 4.90 Å². The number of sulfonamides is 1. The fourth-order valence-electron chi connectivity index (χ4n) is 4.57. The molecule has 3 aliphatic rings. The number of nitrogens with zero attached hydrogens (tertiary/aromatic N) is 2. The van der Waals surface area contributed by atoms with E-state index in [1.807, 2.05) is 17.0 Å². The molecule has 1 amide bonds. The third-order valence-corrected chi connectivity index (χ3v) is 8.14. The molecule has 1 aromatic carbocycles. The first-order chi connectivity index (χ1) is 12.4. The molecular weight excluding hydrogens is 386 g/mol. The van der Waals surface area contributed by atoms with Crippen LogP contribution in [0.25, 0.3) is 0 Å². The number of carbonyl (C=O) groups is 1. The summed E-state index contributed by atoms with van der Waals surface area (Å²) >= 11 is 0. The standard InChI is InChI=1S/C19H27N3O3S.ClH/c1-15(23)21-9-4-16-2-3-18(12-17(16)5-10-21)26(24,25)22-11-7-19(14-22)6-8-20-13-19;/h2-3,12,20H,4-11,13-14H2,1H3;1H. The van der Waals surface area contributed by atoms with Gasteiger partial charge in [-0.05, 0) is 60.9 Å². The predicted octanol–water partition coefficient (Wildman–Crippen LogP) is 1.43. The summed E-state index contributed by atoms with van der Waals surface area (Å²) in [5, 5.41) is 3.37. The summed E-state index contributed by atoms with van der Waals surface area (Å²) in [4.78, 5) is 13.9. The summed E-state index contributed by atoms with van der Waals surface area (Å²) in [6.07, 6.45) is 3.50. The molecule has 2 saturated heterocycles. The Bertz CT molecular complexity index is 821. The summed E-state index contributed by atoms with van der Waals surface area (Å²) < 4.78 is 28.0. The molecule has 0 radical (unpaired) electrons. The number of fused-ring (bicyclic) bond motifs is 1. The van der Waals surface area contributed by atoms with Crippen molar-refractivity contribution < 1.29 is 13.2 Å². The smallest absolute Gasteiger partial charge is 0.243 e. The first kappa shape index (κ1) is 20.6. The van der Waals surface area contributed by atoms with Gasteiger partial charge >= 0.3 is 0 Å². The van der Waals surface area contributed by atoms with Gasteiger partial charge in [-0.25, -0.2) is 8.42 Å². The first-order valence-corrected chi connectivity index (χ1v) is 10.9. The van der Waals surface area contributed by atoms with E-state index in [0.717, 1.165) is 43.5 Å². The van der Waals surface area contributed by atoms with Crippen LogP contribution in [0.15, 0.2) is 23.1 Å². The quantitative estimate of drug-likeness (QED) is 0.796. The van der Waals surface area contributed by atoms with E-state index in [9.17, 15) is 13.2 Å². The van der Waals surface area contributed by atoms with Crippen molar-refractivity contribution in [3.05, 3.63) is 29.3 Å². The predicted molar refractivity (Wildman–Crippen MR) is 107 cm³/mol. The van der Waals surface area contributed by atoms with Gasteiger partial charge in [0.15, 0.2) is 0 Å². The molecule has 6 nitrogen and oxygen atoms in total. The van der Waals surface area contributed by atoms with Crippen LogP contribution in [0.1, 0.15) is 30.9 Å². The number of hydrogen-bond acceptors (Lipinski definition) is 4. The van der Waals surface area contributed by atoms with Crippen LogP contribution >= 0.6 is 12.4 Å². The van der Waals surface area contributed by atoms with Crippen LogP contribution in [0.4, 0.5) is 0 Å². The summed E-state index contributed by atoms with van der Waals surface area (Å²) in [7, 11) is -3.45. The third kappa shape index (κ3) is 3.88. The molecule has 2 fully saturated rings. The van der Waals surface area contributed by atoms with Crippen molar-refractivity contribution in [2.75, 3.05) is 39.3 Å². The Morgan fingerprint density at radius 1 is 1.11 bits per heavy atom. The molecule has 0 saturated carbocycles. The average Bonchev–Trinajstić information content (AvgIpc) is 3.20. The minimum atomic E-state index is -3.45. The SMILES string of the molecule is CC(=O)N1CCc2ccc(S(=O)(=O)N3CCC4(CCNC4)C3)cc2CC1.Cl. The van der Waals surface area contributed by atoms with E-state index in [0.29, 0.717) is 37.5 Å². The molecule has 0 aromatic heterocycles. The van der Waals surface area contributed by atoms with Gasteiger partial charge in [-0.15, -0.1) is 12.4 Å². The zero-order chi connectivity index (χ0) is 18.4. The molecule has 3 heterocycles. The molecule has 1 aromatic rings. The monoisotopic (exact) mass is 413 g/mol. The normalized spacial score (nSPS) is 25.9. The van der Waals surface area contributed by atoms with Crippen molar-refractivity contribution in [2.24, 2.45) is 5.41 Å². The Kier molecular flexibility index (Phi) is 5.87. The van der Waals surface area contributed by atoms with Crippen LogP contribution in [-0.2, 0) is 27.7 Å². The van der Waals surface area contributed by atoms with E-state index >= 15 is 0 Å². The summed E-state index contributed by atoms with van der Waals surface area (Å²) in [6.45, 7) is 6.09. The Balaban J connectivity index is 0.00000210. The minimum absolute atomic E-state index is 0. The second kappa shape index (κ2) is 7.70. The minimum Gasteiger partial charge on any atom is -0.342 e. The molecule has 8 heteroatoms. The Morgan fingerprint density at radius 2 is 1.85 bits per heavy atom. The average molecular weight is 414 g/mol. The van der Waals surface area contributed by atoms with Crippen molar-refractivity contribution in [3.63, 3.8) is 0 Å². The zero-order valence-corrected chi connectivity index (χ0v) is 17.4. The first-order valence-electron chi connectivity index (χ1n) is 9.48. The van der Waals surface area contributed by atoms with E-state index in [-0.39, 0.29) is 23.7 Å². The molecule has 150 valence electrons. The van der Waals surface area contributed by atoms with Gasteiger partial charge in [0.1, 0.15) is 0 Å². The lowest BCUT2D eigenvalue weighted by Gasteiger charge is -2.23. The van der Waals surface area contributed by atoms with Crippen LogP contribution in [0.2, 0.25) is 0 Å². The fourth-order valence-corrected chi connectivity index (χ4v) is 6.17. The largest absolute Gasteiger partial charge is 0.342 e. The highest BCUT2D eigenvalue weighted by Crippen LogP contribution is 2.38. The highest BCUT2D eigenvalue weighted by atomic mass is 35.5. The van der Waals surface area contributed by atoms with E-state index in [2.05, 4.69) is 5.32 Å².